The number of nitrogens with zero attached hydrogens (tertiary/aromatic N) is 1. The Kier molecular flexibility index (Phi) is 4.41. The van der Waals surface area contributed by atoms with Crippen molar-refractivity contribution in [2.24, 2.45) is 34.5 Å². The zero-order valence-electron chi connectivity index (χ0n) is 20.0. The summed E-state index contributed by atoms with van der Waals surface area (Å²) in [5.41, 5.74) is -2.69. The monoisotopic (exact) mass is 449 g/mol. The van der Waals surface area contributed by atoms with Gasteiger partial charge in [-0.15, -0.1) is 0 Å². The normalized spacial score (nSPS) is 59.8. The minimum Gasteiger partial charge on any atom is -0.462 e. The lowest BCUT2D eigenvalue weighted by molar-refractivity contribution is -0.324. The maximum atomic E-state index is 13.0. The van der Waals surface area contributed by atoms with Crippen molar-refractivity contribution in [3.05, 3.63) is 0 Å². The number of fused-ring (bicyclic) bond motifs is 2. The summed E-state index contributed by atoms with van der Waals surface area (Å²) in [7, 11) is 3.46. The molecule has 1 spiro atoms. The summed E-state index contributed by atoms with van der Waals surface area (Å²) in [4.78, 5) is 14.7. The van der Waals surface area contributed by atoms with E-state index >= 15 is 0 Å². The number of piperidine rings is 1. The van der Waals surface area contributed by atoms with Crippen LogP contribution in [-0.4, -0.2) is 83.9 Å². The molecule has 180 valence electrons. The first-order valence-corrected chi connectivity index (χ1v) is 12.5. The van der Waals surface area contributed by atoms with E-state index in [1.54, 1.807) is 14.2 Å². The summed E-state index contributed by atoms with van der Waals surface area (Å²) >= 11 is 0. The average Bonchev–Trinajstić information content (AvgIpc) is 3.16. The minimum absolute atomic E-state index is 0.00468. The molecule has 6 aliphatic rings. The number of aliphatic hydroxyl groups is 2. The fourth-order valence-corrected chi connectivity index (χ4v) is 10.7. The van der Waals surface area contributed by atoms with Gasteiger partial charge in [0.2, 0.25) is 0 Å². The summed E-state index contributed by atoms with van der Waals surface area (Å²) in [6, 6.07) is 0.0643. The van der Waals surface area contributed by atoms with Crippen LogP contribution in [0.1, 0.15) is 52.9 Å². The Morgan fingerprint density at radius 3 is 2.56 bits per heavy atom. The van der Waals surface area contributed by atoms with Gasteiger partial charge in [-0.2, -0.15) is 0 Å². The van der Waals surface area contributed by atoms with Gasteiger partial charge in [-0.05, 0) is 43.6 Å². The Balaban J connectivity index is 1.62. The first-order chi connectivity index (χ1) is 15.1. The smallest absolute Gasteiger partial charge is 0.302 e. The van der Waals surface area contributed by atoms with Crippen molar-refractivity contribution in [1.29, 1.82) is 0 Å². The molecule has 6 fully saturated rings. The molecule has 0 aromatic rings. The summed E-state index contributed by atoms with van der Waals surface area (Å²) in [5.74, 6) is -0.687. The van der Waals surface area contributed by atoms with Crippen molar-refractivity contribution in [3.63, 3.8) is 0 Å². The third-order valence-electron chi connectivity index (χ3n) is 11.3. The van der Waals surface area contributed by atoms with Gasteiger partial charge in [-0.1, -0.05) is 13.8 Å². The highest BCUT2D eigenvalue weighted by Gasteiger charge is 2.88. The first-order valence-electron chi connectivity index (χ1n) is 12.5. The predicted octanol–water partition coefficient (Wildman–Crippen LogP) is 1.59. The molecular formula is C25H39NO6. The van der Waals surface area contributed by atoms with Gasteiger partial charge < -0.3 is 24.4 Å². The Hall–Kier alpha value is -0.730. The Labute approximate surface area is 190 Å². The lowest BCUT2D eigenvalue weighted by atomic mass is 9.41. The molecule has 1 saturated heterocycles. The van der Waals surface area contributed by atoms with Crippen LogP contribution in [0.25, 0.3) is 0 Å². The number of likely N-dealkylation sites (tertiary alicyclic amines) is 1. The van der Waals surface area contributed by atoms with Gasteiger partial charge >= 0.3 is 5.97 Å². The summed E-state index contributed by atoms with van der Waals surface area (Å²) in [6.07, 6.45) is 3.03. The lowest BCUT2D eigenvalue weighted by Crippen LogP contribution is -2.81. The lowest BCUT2D eigenvalue weighted by Gasteiger charge is -2.71. The van der Waals surface area contributed by atoms with E-state index in [0.717, 1.165) is 32.4 Å². The van der Waals surface area contributed by atoms with E-state index in [0.29, 0.717) is 12.8 Å². The number of ether oxygens (including phenoxy) is 3. The largest absolute Gasteiger partial charge is 0.462 e. The van der Waals surface area contributed by atoms with Gasteiger partial charge in [0, 0.05) is 57.4 Å². The summed E-state index contributed by atoms with van der Waals surface area (Å²) in [6.45, 7) is 7.92. The molecule has 1 aliphatic heterocycles. The quantitative estimate of drug-likeness (QED) is 0.630. The molecule has 0 aromatic carbocycles. The van der Waals surface area contributed by atoms with Gasteiger partial charge in [0.1, 0.15) is 6.10 Å². The van der Waals surface area contributed by atoms with Crippen molar-refractivity contribution in [2.75, 3.05) is 27.3 Å². The maximum absolute atomic E-state index is 13.0. The third-order valence-corrected chi connectivity index (χ3v) is 11.3. The summed E-state index contributed by atoms with van der Waals surface area (Å²) in [5, 5.41) is 25.5. The molecular weight excluding hydrogens is 410 g/mol. The molecule has 7 heteroatoms. The van der Waals surface area contributed by atoms with Crippen LogP contribution in [0.2, 0.25) is 0 Å². The number of rotatable bonds is 4. The Morgan fingerprint density at radius 1 is 1.19 bits per heavy atom. The molecule has 7 nitrogen and oxygen atoms in total. The standard InChI is InChI=1S/C25H39NO6/c1-6-26-12-22(3)8-7-18(31-5)25-17(22)9-15(21(25)26)23(28)11-16(30-4)14-10-24(25,29)20(23)19(14)32-13(2)27/h14-21,28-29H,6-12H2,1-5H3. The topological polar surface area (TPSA) is 88.5 Å². The Morgan fingerprint density at radius 2 is 1.94 bits per heavy atom. The number of methoxy groups -OCH3 is 2. The predicted molar refractivity (Wildman–Crippen MR) is 116 cm³/mol. The fraction of sp³-hybridized carbons (Fsp3) is 0.960. The average molecular weight is 450 g/mol. The van der Waals surface area contributed by atoms with Gasteiger partial charge in [0.25, 0.3) is 0 Å². The summed E-state index contributed by atoms with van der Waals surface area (Å²) < 4.78 is 18.0. The number of carbonyl (C=O) groups is 1. The molecule has 32 heavy (non-hydrogen) atoms. The zero-order chi connectivity index (χ0) is 22.8. The molecule has 6 rings (SSSR count). The highest BCUT2D eigenvalue weighted by molar-refractivity contribution is 5.66. The van der Waals surface area contributed by atoms with Crippen LogP contribution in [0.15, 0.2) is 0 Å². The van der Waals surface area contributed by atoms with E-state index in [2.05, 4.69) is 18.7 Å². The van der Waals surface area contributed by atoms with Gasteiger partial charge in [-0.25, -0.2) is 0 Å². The van der Waals surface area contributed by atoms with Gasteiger partial charge in [0.15, 0.2) is 0 Å². The second kappa shape index (κ2) is 6.48. The number of hydrogen-bond donors (Lipinski definition) is 2. The van der Waals surface area contributed by atoms with Crippen molar-refractivity contribution < 1.29 is 29.2 Å². The first kappa shape index (κ1) is 21.8. The van der Waals surface area contributed by atoms with E-state index in [-0.39, 0.29) is 47.4 Å². The van der Waals surface area contributed by atoms with E-state index in [1.807, 2.05) is 0 Å². The number of carbonyl (C=O) groups excluding carboxylic acids is 1. The molecule has 5 saturated carbocycles. The highest BCUT2D eigenvalue weighted by atomic mass is 16.6. The SMILES string of the molecule is CCN1CC2(C)CCC(OC)C34C1C(CC23)C1(O)CC(OC)C2CC4(O)C1C2OC(C)=O. The van der Waals surface area contributed by atoms with E-state index < -0.39 is 28.6 Å². The fourth-order valence-electron chi connectivity index (χ4n) is 10.7. The van der Waals surface area contributed by atoms with E-state index in [1.165, 1.54) is 6.92 Å². The van der Waals surface area contributed by atoms with E-state index in [9.17, 15) is 15.0 Å². The van der Waals surface area contributed by atoms with Crippen LogP contribution >= 0.6 is 0 Å². The second-order valence-corrected chi connectivity index (χ2v) is 12.1. The third kappa shape index (κ3) is 2.11. The molecule has 0 aromatic heterocycles. The van der Waals surface area contributed by atoms with Crippen molar-refractivity contribution in [3.8, 4) is 0 Å². The second-order valence-electron chi connectivity index (χ2n) is 12.1. The van der Waals surface area contributed by atoms with Crippen molar-refractivity contribution in [1.82, 2.24) is 4.90 Å². The van der Waals surface area contributed by atoms with Crippen LogP contribution in [0.5, 0.6) is 0 Å². The van der Waals surface area contributed by atoms with Crippen LogP contribution in [0, 0.1) is 34.5 Å². The number of hydrogen-bond acceptors (Lipinski definition) is 7. The minimum atomic E-state index is -1.17. The van der Waals surface area contributed by atoms with Crippen LogP contribution < -0.4 is 0 Å². The van der Waals surface area contributed by atoms with Crippen molar-refractivity contribution in [2.45, 2.75) is 88.4 Å². The molecule has 2 N–H and O–H groups in total. The number of esters is 1. The van der Waals surface area contributed by atoms with Gasteiger partial charge in [-0.3, -0.25) is 9.69 Å². The molecule has 0 amide bonds. The molecule has 12 atom stereocenters. The maximum Gasteiger partial charge on any atom is 0.302 e. The van der Waals surface area contributed by atoms with Crippen LogP contribution in [0.3, 0.4) is 0 Å². The zero-order valence-corrected chi connectivity index (χ0v) is 20.0. The van der Waals surface area contributed by atoms with Crippen molar-refractivity contribution >= 4 is 5.97 Å². The van der Waals surface area contributed by atoms with Gasteiger partial charge in [0.05, 0.1) is 29.3 Å². The van der Waals surface area contributed by atoms with Crippen LogP contribution in [-0.2, 0) is 19.0 Å². The van der Waals surface area contributed by atoms with E-state index in [4.69, 9.17) is 14.2 Å². The molecule has 12 unspecified atom stereocenters. The Bertz CT molecular complexity index is 837. The highest BCUT2D eigenvalue weighted by Crippen LogP contribution is 2.80. The molecule has 0 radical (unpaired) electrons. The molecule has 5 aliphatic carbocycles. The molecule has 7 bridgehead atoms. The van der Waals surface area contributed by atoms with Crippen LogP contribution in [0.4, 0.5) is 0 Å². The molecule has 1 heterocycles.